The number of nitrogens with one attached hydrogen (secondary N) is 4. The second kappa shape index (κ2) is 44.9. The maximum Gasteiger partial charge on any atom is 0.186 e. The van der Waals surface area contributed by atoms with Crippen molar-refractivity contribution in [1.82, 2.24) is 21.5 Å². The third-order valence-electron chi connectivity index (χ3n) is 9.81. The van der Waals surface area contributed by atoms with Crippen LogP contribution in [0.15, 0.2) is 10.2 Å². The first-order valence-electron chi connectivity index (χ1n) is 22.3. The standard InChI is InChI=1S/C43H86N6S2/c1-3-5-7-9-11-13-15-17-19-21-23-25-27-29-31-34-38-44-42(50)48-46-40-36-33-37-41-47-49-43(51)45-39-35-32-30-28-26-24-22-20-18-16-14-12-10-8-6-4-2/h40-41H,3-39H2,1-2H3,(H2,44,48,50)(H2,45,49,51)/b46-40+,47-41+. The fourth-order valence-corrected chi connectivity index (χ4v) is 6.78. The fraction of sp³-hybridized carbons (Fsp3) is 0.907. The van der Waals surface area contributed by atoms with Crippen LogP contribution in [0.3, 0.4) is 0 Å². The lowest BCUT2D eigenvalue weighted by Crippen LogP contribution is -2.32. The first-order valence-corrected chi connectivity index (χ1v) is 23.1. The van der Waals surface area contributed by atoms with E-state index >= 15 is 0 Å². The zero-order valence-corrected chi connectivity index (χ0v) is 35.7. The van der Waals surface area contributed by atoms with E-state index in [9.17, 15) is 0 Å². The topological polar surface area (TPSA) is 72.8 Å². The third kappa shape index (κ3) is 44.8. The molecule has 0 saturated carbocycles. The van der Waals surface area contributed by atoms with Gasteiger partial charge in [0.15, 0.2) is 10.2 Å². The van der Waals surface area contributed by atoms with Crippen LogP contribution in [-0.4, -0.2) is 35.7 Å². The monoisotopic (exact) mass is 751 g/mol. The molecule has 0 rings (SSSR count). The quantitative estimate of drug-likeness (QED) is 0.0216. The van der Waals surface area contributed by atoms with E-state index in [0.29, 0.717) is 10.2 Å². The van der Waals surface area contributed by atoms with Gasteiger partial charge in [0.05, 0.1) is 0 Å². The normalized spacial score (nSPS) is 11.5. The molecule has 0 bridgehead atoms. The average molecular weight is 751 g/mol. The second-order valence-corrected chi connectivity index (χ2v) is 15.7. The highest BCUT2D eigenvalue weighted by molar-refractivity contribution is 7.80. The van der Waals surface area contributed by atoms with Gasteiger partial charge in [0.25, 0.3) is 0 Å². The lowest BCUT2D eigenvalue weighted by atomic mass is 10.0. The number of thiocarbonyl (C=S) groups is 2. The number of hydrogen-bond acceptors (Lipinski definition) is 4. The summed E-state index contributed by atoms with van der Waals surface area (Å²) in [4.78, 5) is 0. The molecule has 0 aliphatic carbocycles. The molecule has 0 amide bonds. The Morgan fingerprint density at radius 1 is 0.353 bits per heavy atom. The minimum Gasteiger partial charge on any atom is -0.361 e. The van der Waals surface area contributed by atoms with E-state index < -0.39 is 0 Å². The zero-order chi connectivity index (χ0) is 37.0. The van der Waals surface area contributed by atoms with Gasteiger partial charge in [-0.3, -0.25) is 10.9 Å². The molecule has 0 aliphatic heterocycles. The molecule has 0 saturated heterocycles. The van der Waals surface area contributed by atoms with Crippen molar-refractivity contribution in [3.8, 4) is 0 Å². The Bertz CT molecular complexity index is 714. The first-order chi connectivity index (χ1) is 25.2. The van der Waals surface area contributed by atoms with Crippen molar-refractivity contribution in [3.63, 3.8) is 0 Å². The Hall–Kier alpha value is -1.28. The highest BCUT2D eigenvalue weighted by Crippen LogP contribution is 2.15. The van der Waals surface area contributed by atoms with Gasteiger partial charge >= 0.3 is 0 Å². The largest absolute Gasteiger partial charge is 0.361 e. The second-order valence-electron chi connectivity index (χ2n) is 14.9. The predicted octanol–water partition coefficient (Wildman–Crippen LogP) is 13.6. The summed E-state index contributed by atoms with van der Waals surface area (Å²) in [5.41, 5.74) is 5.86. The summed E-state index contributed by atoms with van der Waals surface area (Å²) in [6.07, 6.45) is 51.0. The maximum atomic E-state index is 5.33. The molecule has 0 aromatic rings. The van der Waals surface area contributed by atoms with Gasteiger partial charge in [-0.1, -0.05) is 206 Å². The molecule has 0 heterocycles. The van der Waals surface area contributed by atoms with Crippen LogP contribution in [0.5, 0.6) is 0 Å². The van der Waals surface area contributed by atoms with Gasteiger partial charge in [0, 0.05) is 25.5 Å². The van der Waals surface area contributed by atoms with Gasteiger partial charge in [-0.25, -0.2) is 0 Å². The van der Waals surface area contributed by atoms with Crippen LogP contribution >= 0.6 is 24.4 Å². The van der Waals surface area contributed by atoms with Gasteiger partial charge in [-0.05, 0) is 56.5 Å². The van der Waals surface area contributed by atoms with Crippen LogP contribution in [-0.2, 0) is 0 Å². The number of hydrazone groups is 2. The van der Waals surface area contributed by atoms with Crippen LogP contribution in [0.2, 0.25) is 0 Å². The molecule has 300 valence electrons. The van der Waals surface area contributed by atoms with Crippen LogP contribution in [0.25, 0.3) is 0 Å². The molecular formula is C43H86N6S2. The fourth-order valence-electron chi connectivity index (χ4n) is 6.47. The molecule has 0 atom stereocenters. The Morgan fingerprint density at radius 2 is 0.588 bits per heavy atom. The minimum absolute atomic E-state index is 0.610. The number of nitrogens with zero attached hydrogens (tertiary/aromatic N) is 2. The molecule has 0 aromatic heterocycles. The van der Waals surface area contributed by atoms with E-state index in [2.05, 4.69) is 45.5 Å². The highest BCUT2D eigenvalue weighted by Gasteiger charge is 1.98. The first kappa shape index (κ1) is 49.7. The molecule has 0 unspecified atom stereocenters. The highest BCUT2D eigenvalue weighted by atomic mass is 32.1. The Labute approximate surface area is 329 Å². The molecule has 6 nitrogen and oxygen atoms in total. The number of rotatable bonds is 40. The van der Waals surface area contributed by atoms with Crippen molar-refractivity contribution in [2.24, 2.45) is 10.2 Å². The molecular weight excluding hydrogens is 665 g/mol. The van der Waals surface area contributed by atoms with E-state index in [0.717, 1.165) is 45.2 Å². The molecule has 8 heteroatoms. The van der Waals surface area contributed by atoms with Crippen molar-refractivity contribution < 1.29 is 0 Å². The van der Waals surface area contributed by atoms with Gasteiger partial charge in [0.1, 0.15) is 0 Å². The lowest BCUT2D eigenvalue weighted by molar-refractivity contribution is 0.529. The third-order valence-corrected chi connectivity index (χ3v) is 10.3. The summed E-state index contributed by atoms with van der Waals surface area (Å²) >= 11 is 10.7. The summed E-state index contributed by atoms with van der Waals surface area (Å²) in [5, 5.41) is 16.2. The predicted molar refractivity (Wildman–Crippen MR) is 237 cm³/mol. The van der Waals surface area contributed by atoms with Crippen molar-refractivity contribution >= 4 is 47.1 Å². The van der Waals surface area contributed by atoms with Crippen LogP contribution in [0.1, 0.15) is 239 Å². The molecule has 0 spiro atoms. The zero-order valence-electron chi connectivity index (χ0n) is 34.0. The number of unbranched alkanes of at least 4 members (excludes halogenated alkanes) is 32. The van der Waals surface area contributed by atoms with Crippen molar-refractivity contribution in [1.29, 1.82) is 0 Å². The SMILES string of the molecule is CCCCCCCCCCCCCCCCCCNC(=S)N/N=C/CCC/C=N/NC(=S)NCCCCCCCCCCCCCCCCCC. The Morgan fingerprint density at radius 3 is 0.843 bits per heavy atom. The molecule has 51 heavy (non-hydrogen) atoms. The van der Waals surface area contributed by atoms with E-state index in [4.69, 9.17) is 24.4 Å². The van der Waals surface area contributed by atoms with Crippen LogP contribution in [0, 0.1) is 0 Å². The molecule has 0 radical (unpaired) electrons. The van der Waals surface area contributed by atoms with Crippen LogP contribution in [0.4, 0.5) is 0 Å². The maximum absolute atomic E-state index is 5.33. The van der Waals surface area contributed by atoms with E-state index in [-0.39, 0.29) is 0 Å². The summed E-state index contributed by atoms with van der Waals surface area (Å²) < 4.78 is 0. The summed E-state index contributed by atoms with van der Waals surface area (Å²) in [6.45, 7) is 6.42. The summed E-state index contributed by atoms with van der Waals surface area (Å²) in [6, 6.07) is 0. The average Bonchev–Trinajstić information content (AvgIpc) is 3.13. The van der Waals surface area contributed by atoms with Gasteiger partial charge in [0.2, 0.25) is 0 Å². The van der Waals surface area contributed by atoms with Gasteiger partial charge in [-0.15, -0.1) is 0 Å². The van der Waals surface area contributed by atoms with E-state index in [1.54, 1.807) is 0 Å². The minimum atomic E-state index is 0.610. The van der Waals surface area contributed by atoms with Gasteiger partial charge in [-0.2, -0.15) is 10.2 Å². The van der Waals surface area contributed by atoms with E-state index in [1.165, 1.54) is 193 Å². The summed E-state index contributed by atoms with van der Waals surface area (Å²) in [7, 11) is 0. The molecule has 0 aliphatic rings. The lowest BCUT2D eigenvalue weighted by Gasteiger charge is -2.07. The van der Waals surface area contributed by atoms with E-state index in [1.807, 2.05) is 12.4 Å². The molecule has 0 aromatic carbocycles. The molecule has 0 fully saturated rings. The van der Waals surface area contributed by atoms with Gasteiger partial charge < -0.3 is 10.6 Å². The van der Waals surface area contributed by atoms with Crippen molar-refractivity contribution in [2.75, 3.05) is 13.1 Å². The van der Waals surface area contributed by atoms with Crippen molar-refractivity contribution in [2.45, 2.75) is 239 Å². The van der Waals surface area contributed by atoms with Crippen molar-refractivity contribution in [3.05, 3.63) is 0 Å². The van der Waals surface area contributed by atoms with Crippen LogP contribution < -0.4 is 21.5 Å². The smallest absolute Gasteiger partial charge is 0.186 e. The number of hydrogen-bond donors (Lipinski definition) is 4. The summed E-state index contributed by atoms with van der Waals surface area (Å²) in [5.74, 6) is 0. The Balaban J connectivity index is 3.34. The Kier molecular flexibility index (Phi) is 43.8. The molecule has 4 N–H and O–H groups in total.